The Bertz CT molecular complexity index is 1490. The lowest BCUT2D eigenvalue weighted by Crippen LogP contribution is -2.54. The Morgan fingerprint density at radius 3 is 2.26 bits per heavy atom. The van der Waals surface area contributed by atoms with Gasteiger partial charge in [0, 0.05) is 17.6 Å². The fourth-order valence-corrected chi connectivity index (χ4v) is 6.99. The van der Waals surface area contributed by atoms with Gasteiger partial charge in [0.2, 0.25) is 11.8 Å². The topological polar surface area (TPSA) is 96.0 Å². The molecule has 8 nitrogen and oxygen atoms in total. The predicted octanol–water partition coefficient (Wildman–Crippen LogP) is 6.11. The van der Waals surface area contributed by atoms with Crippen LogP contribution in [0.2, 0.25) is 5.02 Å². The van der Waals surface area contributed by atoms with Gasteiger partial charge in [-0.25, -0.2) is 8.42 Å². The summed E-state index contributed by atoms with van der Waals surface area (Å²) in [6.07, 6.45) is 5.43. The maximum Gasteiger partial charge on any atom is 0.264 e. The molecular formula is C33H40ClN3O5S. The van der Waals surface area contributed by atoms with Gasteiger partial charge in [-0.15, -0.1) is 0 Å². The number of nitrogens with zero attached hydrogens (tertiary/aromatic N) is 2. The highest BCUT2D eigenvalue weighted by Crippen LogP contribution is 2.33. The van der Waals surface area contributed by atoms with Crippen LogP contribution in [0.5, 0.6) is 5.75 Å². The average Bonchev–Trinajstić information content (AvgIpc) is 3.01. The van der Waals surface area contributed by atoms with Crippen molar-refractivity contribution in [3.8, 4) is 5.75 Å². The second kappa shape index (κ2) is 14.8. The van der Waals surface area contributed by atoms with E-state index in [-0.39, 0.29) is 29.1 Å². The van der Waals surface area contributed by atoms with Crippen molar-refractivity contribution in [2.75, 3.05) is 18.0 Å². The van der Waals surface area contributed by atoms with Crippen molar-refractivity contribution in [3.63, 3.8) is 0 Å². The molecule has 1 N–H and O–H groups in total. The number of halogens is 1. The number of ether oxygens (including phenoxy) is 1. The van der Waals surface area contributed by atoms with Gasteiger partial charge in [0.05, 0.1) is 17.7 Å². The molecule has 1 atom stereocenters. The molecule has 3 aromatic carbocycles. The van der Waals surface area contributed by atoms with Crippen molar-refractivity contribution < 1.29 is 22.7 Å². The number of hydrogen-bond acceptors (Lipinski definition) is 5. The summed E-state index contributed by atoms with van der Waals surface area (Å²) in [6.45, 7) is 3.30. The molecule has 0 spiro atoms. The number of benzene rings is 3. The van der Waals surface area contributed by atoms with Gasteiger partial charge in [-0.3, -0.25) is 13.9 Å². The number of carbonyl (C=O) groups excluding carboxylic acids is 2. The fraction of sp³-hybridized carbons (Fsp3) is 0.394. The lowest BCUT2D eigenvalue weighted by Gasteiger charge is -2.34. The predicted molar refractivity (Wildman–Crippen MR) is 170 cm³/mol. The van der Waals surface area contributed by atoms with Crippen LogP contribution in [0, 0.1) is 6.92 Å². The number of methoxy groups -OCH3 is 1. The Morgan fingerprint density at radius 1 is 0.977 bits per heavy atom. The first-order valence-electron chi connectivity index (χ1n) is 14.7. The second-order valence-electron chi connectivity index (χ2n) is 10.9. The maximum atomic E-state index is 14.3. The molecule has 43 heavy (non-hydrogen) atoms. The summed E-state index contributed by atoms with van der Waals surface area (Å²) in [6, 6.07) is 19.5. The lowest BCUT2D eigenvalue weighted by atomic mass is 9.95. The smallest absolute Gasteiger partial charge is 0.264 e. The number of aryl methyl sites for hydroxylation is 1. The van der Waals surface area contributed by atoms with Gasteiger partial charge in [-0.1, -0.05) is 79.7 Å². The summed E-state index contributed by atoms with van der Waals surface area (Å²) >= 11 is 6.11. The molecule has 0 aromatic heterocycles. The zero-order chi connectivity index (χ0) is 31.0. The van der Waals surface area contributed by atoms with Crippen LogP contribution in [0.15, 0.2) is 77.7 Å². The summed E-state index contributed by atoms with van der Waals surface area (Å²) in [7, 11) is -2.75. The number of rotatable bonds is 12. The highest BCUT2D eigenvalue weighted by molar-refractivity contribution is 7.92. The number of amides is 2. The third kappa shape index (κ3) is 8.09. The standard InChI is InChI=1S/C33H40ClN3O5S/c1-4-29(33(39)35-27-10-6-5-7-11-27)36(22-25-16-18-26(34)19-17-25)32(38)23-37(30-12-8-9-13-31(30)42-3)43(40,41)28-20-14-24(2)15-21-28/h8-9,12-21,27,29H,4-7,10-11,22-23H2,1-3H3,(H,35,39). The number of hydrogen-bond donors (Lipinski definition) is 1. The van der Waals surface area contributed by atoms with Crippen LogP contribution < -0.4 is 14.4 Å². The molecule has 1 unspecified atom stereocenters. The molecule has 0 bridgehead atoms. The number of para-hydroxylation sites is 2. The first-order valence-corrected chi connectivity index (χ1v) is 16.5. The molecule has 2 amide bonds. The third-order valence-corrected chi connectivity index (χ3v) is 9.87. The van der Waals surface area contributed by atoms with Crippen molar-refractivity contribution in [3.05, 3.63) is 88.9 Å². The van der Waals surface area contributed by atoms with E-state index in [0.29, 0.717) is 17.2 Å². The Balaban J connectivity index is 1.73. The zero-order valence-corrected chi connectivity index (χ0v) is 26.5. The van der Waals surface area contributed by atoms with E-state index in [2.05, 4.69) is 5.32 Å². The molecule has 0 saturated heterocycles. The van der Waals surface area contributed by atoms with Crippen LogP contribution in [-0.2, 0) is 26.2 Å². The van der Waals surface area contributed by atoms with Crippen molar-refractivity contribution in [1.29, 1.82) is 0 Å². The average molecular weight is 626 g/mol. The molecule has 230 valence electrons. The molecule has 1 saturated carbocycles. The summed E-state index contributed by atoms with van der Waals surface area (Å²) < 4.78 is 34.8. The third-order valence-electron chi connectivity index (χ3n) is 7.85. The molecule has 10 heteroatoms. The molecule has 3 aromatic rings. The molecule has 4 rings (SSSR count). The minimum atomic E-state index is -4.20. The second-order valence-corrected chi connectivity index (χ2v) is 13.2. The Kier molecular flexibility index (Phi) is 11.1. The summed E-state index contributed by atoms with van der Waals surface area (Å²) in [5, 5.41) is 3.71. The van der Waals surface area contributed by atoms with Gasteiger partial charge < -0.3 is 15.0 Å². The number of nitrogens with one attached hydrogen (secondary N) is 1. The highest BCUT2D eigenvalue weighted by atomic mass is 35.5. The van der Waals surface area contributed by atoms with Crippen molar-refractivity contribution in [1.82, 2.24) is 10.2 Å². The van der Waals surface area contributed by atoms with Crippen molar-refractivity contribution in [2.24, 2.45) is 0 Å². The molecule has 1 fully saturated rings. The van der Waals surface area contributed by atoms with E-state index in [1.807, 2.05) is 13.8 Å². The largest absolute Gasteiger partial charge is 0.495 e. The van der Waals surface area contributed by atoms with E-state index in [9.17, 15) is 18.0 Å². The zero-order valence-electron chi connectivity index (χ0n) is 25.0. The van der Waals surface area contributed by atoms with E-state index in [0.717, 1.165) is 47.5 Å². The van der Waals surface area contributed by atoms with E-state index in [1.165, 1.54) is 24.1 Å². The van der Waals surface area contributed by atoms with Crippen LogP contribution in [0.4, 0.5) is 5.69 Å². The lowest BCUT2D eigenvalue weighted by molar-refractivity contribution is -0.140. The fourth-order valence-electron chi connectivity index (χ4n) is 5.44. The number of sulfonamides is 1. The maximum absolute atomic E-state index is 14.3. The molecule has 0 radical (unpaired) electrons. The summed E-state index contributed by atoms with van der Waals surface area (Å²) in [4.78, 5) is 29.5. The molecule has 0 aliphatic heterocycles. The Morgan fingerprint density at radius 2 is 1.63 bits per heavy atom. The van der Waals surface area contributed by atoms with E-state index >= 15 is 0 Å². The molecule has 0 heterocycles. The highest BCUT2D eigenvalue weighted by Gasteiger charge is 2.35. The van der Waals surface area contributed by atoms with E-state index in [1.54, 1.807) is 60.7 Å². The number of carbonyl (C=O) groups is 2. The van der Waals surface area contributed by atoms with Crippen LogP contribution in [0.3, 0.4) is 0 Å². The number of anilines is 1. The molecule has 1 aliphatic rings. The quantitative estimate of drug-likeness (QED) is 0.262. The van der Waals surface area contributed by atoms with E-state index in [4.69, 9.17) is 16.3 Å². The van der Waals surface area contributed by atoms with Gasteiger partial charge in [-0.05, 0) is 68.1 Å². The van der Waals surface area contributed by atoms with Gasteiger partial charge in [-0.2, -0.15) is 0 Å². The minimum Gasteiger partial charge on any atom is -0.495 e. The van der Waals surface area contributed by atoms with Crippen molar-refractivity contribution >= 4 is 39.1 Å². The van der Waals surface area contributed by atoms with Gasteiger partial charge in [0.15, 0.2) is 0 Å². The van der Waals surface area contributed by atoms with Gasteiger partial charge in [0.25, 0.3) is 10.0 Å². The SMILES string of the molecule is CCC(C(=O)NC1CCCCC1)N(Cc1ccc(Cl)cc1)C(=O)CN(c1ccccc1OC)S(=O)(=O)c1ccc(C)cc1. The summed E-state index contributed by atoms with van der Waals surface area (Å²) in [5.41, 5.74) is 1.90. The first-order chi connectivity index (χ1) is 20.6. The Labute approximate surface area is 260 Å². The van der Waals surface area contributed by atoms with Crippen LogP contribution >= 0.6 is 11.6 Å². The minimum absolute atomic E-state index is 0.0446. The van der Waals surface area contributed by atoms with Crippen LogP contribution in [-0.4, -0.2) is 50.9 Å². The van der Waals surface area contributed by atoms with Crippen molar-refractivity contribution in [2.45, 2.75) is 75.9 Å². The van der Waals surface area contributed by atoms with Gasteiger partial charge in [0.1, 0.15) is 18.3 Å². The van der Waals surface area contributed by atoms with Crippen LogP contribution in [0.25, 0.3) is 0 Å². The van der Waals surface area contributed by atoms with Gasteiger partial charge >= 0.3 is 0 Å². The Hall–Kier alpha value is -3.56. The monoisotopic (exact) mass is 625 g/mol. The summed E-state index contributed by atoms with van der Waals surface area (Å²) in [5.74, 6) is -0.443. The molecular weight excluding hydrogens is 586 g/mol. The molecule has 1 aliphatic carbocycles. The van der Waals surface area contributed by atoms with E-state index < -0.39 is 28.5 Å². The normalized spacial score (nSPS) is 14.5. The van der Waals surface area contributed by atoms with Crippen LogP contribution in [0.1, 0.15) is 56.6 Å². The first kappa shape index (κ1) is 32.4.